The quantitative estimate of drug-likeness (QED) is 0.941. The number of aromatic nitrogens is 4. The fourth-order valence-electron chi connectivity index (χ4n) is 2.90. The highest BCUT2D eigenvalue weighted by atomic mass is 16.2. The van der Waals surface area contributed by atoms with Crippen molar-refractivity contribution in [3.05, 3.63) is 29.5 Å². The van der Waals surface area contributed by atoms with E-state index in [4.69, 9.17) is 0 Å². The van der Waals surface area contributed by atoms with Crippen LogP contribution >= 0.6 is 0 Å². The summed E-state index contributed by atoms with van der Waals surface area (Å²) >= 11 is 0. The number of aryl methyl sites for hydroxylation is 3. The molecule has 21 heavy (non-hydrogen) atoms. The Bertz CT molecular complexity index is 670. The Hall–Kier alpha value is -2.11. The molecule has 1 aliphatic heterocycles. The van der Waals surface area contributed by atoms with Crippen molar-refractivity contribution in [2.75, 3.05) is 5.32 Å². The second-order valence-corrected chi connectivity index (χ2v) is 5.71. The van der Waals surface area contributed by atoms with E-state index in [2.05, 4.69) is 20.0 Å². The zero-order valence-electron chi connectivity index (χ0n) is 12.8. The number of rotatable bonds is 3. The maximum absolute atomic E-state index is 12.4. The first-order valence-electron chi connectivity index (χ1n) is 7.44. The Morgan fingerprint density at radius 2 is 2.19 bits per heavy atom. The predicted octanol–water partition coefficient (Wildman–Crippen LogP) is 2.23. The molecule has 0 unspecified atom stereocenters. The van der Waals surface area contributed by atoms with Crippen LogP contribution in [0, 0.1) is 13.8 Å². The van der Waals surface area contributed by atoms with Gasteiger partial charge < -0.3 is 9.88 Å². The summed E-state index contributed by atoms with van der Waals surface area (Å²) in [6, 6.07) is 1.64. The van der Waals surface area contributed by atoms with Crippen LogP contribution in [0.25, 0.3) is 0 Å². The highest BCUT2D eigenvalue weighted by molar-refractivity contribution is 5.92. The fourth-order valence-corrected chi connectivity index (χ4v) is 2.90. The van der Waals surface area contributed by atoms with Gasteiger partial charge in [-0.15, -0.1) is 0 Å². The summed E-state index contributed by atoms with van der Waals surface area (Å²) in [6.45, 7) is 6.69. The van der Waals surface area contributed by atoms with Gasteiger partial charge in [0, 0.05) is 18.7 Å². The molecule has 0 aliphatic carbocycles. The molecule has 0 radical (unpaired) electrons. The molecule has 0 saturated heterocycles. The van der Waals surface area contributed by atoms with Gasteiger partial charge in [0.25, 0.3) is 0 Å². The molecule has 6 nitrogen and oxygen atoms in total. The first-order valence-corrected chi connectivity index (χ1v) is 7.44. The monoisotopic (exact) mass is 287 g/mol. The lowest BCUT2D eigenvalue weighted by Crippen LogP contribution is -2.27. The summed E-state index contributed by atoms with van der Waals surface area (Å²) in [5.41, 5.74) is 1.92. The van der Waals surface area contributed by atoms with Crippen molar-refractivity contribution < 1.29 is 4.79 Å². The minimum atomic E-state index is -0.339. The van der Waals surface area contributed by atoms with Crippen molar-refractivity contribution in [3.8, 4) is 0 Å². The van der Waals surface area contributed by atoms with Crippen molar-refractivity contribution in [1.29, 1.82) is 0 Å². The number of fused-ring (bicyclic) bond motifs is 1. The van der Waals surface area contributed by atoms with Crippen molar-refractivity contribution >= 4 is 11.7 Å². The second-order valence-electron chi connectivity index (χ2n) is 5.71. The highest BCUT2D eigenvalue weighted by Gasteiger charge is 2.21. The summed E-state index contributed by atoms with van der Waals surface area (Å²) in [5, 5.41) is 7.37. The largest absolute Gasteiger partial charge is 0.315 e. The molecule has 1 aliphatic rings. The normalized spacial score (nSPS) is 15.6. The van der Waals surface area contributed by atoms with Gasteiger partial charge in [0.1, 0.15) is 17.7 Å². The molecule has 1 N–H and O–H groups in total. The van der Waals surface area contributed by atoms with Gasteiger partial charge in [-0.2, -0.15) is 5.10 Å². The molecular formula is C15H21N5O. The third kappa shape index (κ3) is 2.57. The molecule has 0 fully saturated rings. The van der Waals surface area contributed by atoms with Crippen LogP contribution in [0.5, 0.6) is 0 Å². The molecule has 112 valence electrons. The van der Waals surface area contributed by atoms with E-state index >= 15 is 0 Å². The molecule has 3 rings (SSSR count). The first-order chi connectivity index (χ1) is 10.1. The van der Waals surface area contributed by atoms with Crippen molar-refractivity contribution in [2.24, 2.45) is 0 Å². The van der Waals surface area contributed by atoms with Gasteiger partial charge in [-0.3, -0.25) is 9.48 Å². The zero-order valence-corrected chi connectivity index (χ0v) is 12.8. The predicted molar refractivity (Wildman–Crippen MR) is 80.2 cm³/mol. The molecular weight excluding hydrogens is 266 g/mol. The van der Waals surface area contributed by atoms with Gasteiger partial charge in [0.15, 0.2) is 0 Å². The third-order valence-electron chi connectivity index (χ3n) is 4.01. The van der Waals surface area contributed by atoms with E-state index in [1.54, 1.807) is 10.9 Å². The van der Waals surface area contributed by atoms with E-state index < -0.39 is 0 Å². The van der Waals surface area contributed by atoms with E-state index in [1.165, 1.54) is 6.42 Å². The molecule has 3 heterocycles. The maximum atomic E-state index is 12.4. The van der Waals surface area contributed by atoms with Crippen LogP contribution in [0.2, 0.25) is 0 Å². The van der Waals surface area contributed by atoms with Crippen LogP contribution in [0.15, 0.2) is 12.3 Å². The van der Waals surface area contributed by atoms with E-state index in [0.717, 1.165) is 42.4 Å². The molecule has 0 bridgehead atoms. The smallest absolute Gasteiger partial charge is 0.250 e. The summed E-state index contributed by atoms with van der Waals surface area (Å²) in [4.78, 5) is 16.8. The number of imidazole rings is 1. The molecule has 0 spiro atoms. The number of nitrogens with one attached hydrogen (secondary N) is 1. The average Bonchev–Trinajstić information content (AvgIpc) is 3.02. The van der Waals surface area contributed by atoms with Crippen LogP contribution in [0.1, 0.15) is 43.0 Å². The second kappa shape index (κ2) is 5.35. The van der Waals surface area contributed by atoms with Crippen molar-refractivity contribution in [2.45, 2.75) is 52.6 Å². The van der Waals surface area contributed by atoms with E-state index in [1.807, 2.05) is 26.8 Å². The van der Waals surface area contributed by atoms with Crippen LogP contribution in [0.4, 0.5) is 5.82 Å². The number of hydrogen-bond donors (Lipinski definition) is 1. The summed E-state index contributed by atoms with van der Waals surface area (Å²) in [5.74, 6) is 1.80. The number of carbonyl (C=O) groups excluding carboxylic acids is 1. The van der Waals surface area contributed by atoms with Gasteiger partial charge in [-0.1, -0.05) is 0 Å². The summed E-state index contributed by atoms with van der Waals surface area (Å²) < 4.78 is 3.87. The van der Waals surface area contributed by atoms with Gasteiger partial charge >= 0.3 is 0 Å². The molecule has 2 aromatic heterocycles. The van der Waals surface area contributed by atoms with Gasteiger partial charge in [-0.25, -0.2) is 4.98 Å². The van der Waals surface area contributed by atoms with Crippen LogP contribution in [0.3, 0.4) is 0 Å². The molecule has 6 heteroatoms. The standard InChI is InChI=1S/C15H21N5O/c1-10-8-11(2)20(18-10)12(3)15(21)17-14-9-16-13-6-4-5-7-19(13)14/h8-9,12H,4-7H2,1-3H3,(H,17,21)/t12-/m1/s1. The Morgan fingerprint density at radius 3 is 2.90 bits per heavy atom. The van der Waals surface area contributed by atoms with Crippen molar-refractivity contribution in [3.63, 3.8) is 0 Å². The Balaban J connectivity index is 1.77. The lowest BCUT2D eigenvalue weighted by atomic mass is 10.2. The molecule has 0 saturated carbocycles. The van der Waals surface area contributed by atoms with Crippen LogP contribution in [-0.2, 0) is 17.8 Å². The minimum absolute atomic E-state index is 0.0607. The summed E-state index contributed by atoms with van der Waals surface area (Å²) in [7, 11) is 0. The van der Waals surface area contributed by atoms with Gasteiger partial charge in [-0.05, 0) is 39.7 Å². The van der Waals surface area contributed by atoms with Crippen LogP contribution in [-0.4, -0.2) is 25.2 Å². The maximum Gasteiger partial charge on any atom is 0.250 e. The Labute approximate surface area is 124 Å². The lowest BCUT2D eigenvalue weighted by Gasteiger charge is -2.18. The molecule has 1 atom stereocenters. The number of nitrogens with zero attached hydrogens (tertiary/aromatic N) is 4. The number of amides is 1. The molecule has 2 aromatic rings. The van der Waals surface area contributed by atoms with Crippen LogP contribution < -0.4 is 5.32 Å². The van der Waals surface area contributed by atoms with Gasteiger partial charge in [0.05, 0.1) is 11.9 Å². The van der Waals surface area contributed by atoms with Crippen molar-refractivity contribution in [1.82, 2.24) is 19.3 Å². The average molecular weight is 287 g/mol. The van der Waals surface area contributed by atoms with E-state index in [9.17, 15) is 4.79 Å². The van der Waals surface area contributed by atoms with E-state index in [-0.39, 0.29) is 11.9 Å². The SMILES string of the molecule is Cc1cc(C)n([C@H](C)C(=O)Nc2cnc3n2CCCC3)n1. The number of anilines is 1. The molecule has 1 amide bonds. The highest BCUT2D eigenvalue weighted by Crippen LogP contribution is 2.21. The third-order valence-corrected chi connectivity index (χ3v) is 4.01. The lowest BCUT2D eigenvalue weighted by molar-refractivity contribution is -0.119. The number of carbonyl (C=O) groups is 1. The Kier molecular flexibility index (Phi) is 3.53. The fraction of sp³-hybridized carbons (Fsp3) is 0.533. The first kappa shape index (κ1) is 13.9. The Morgan fingerprint density at radius 1 is 1.38 bits per heavy atom. The topological polar surface area (TPSA) is 64.7 Å². The molecule has 0 aromatic carbocycles. The number of hydrogen-bond acceptors (Lipinski definition) is 3. The summed E-state index contributed by atoms with van der Waals surface area (Å²) in [6.07, 6.45) is 5.06. The zero-order chi connectivity index (χ0) is 15.0. The minimum Gasteiger partial charge on any atom is -0.315 e. The van der Waals surface area contributed by atoms with E-state index in [0.29, 0.717) is 0 Å². The van der Waals surface area contributed by atoms with Gasteiger partial charge in [0.2, 0.25) is 5.91 Å².